The van der Waals surface area contributed by atoms with E-state index in [4.69, 9.17) is 22.8 Å². The first-order valence-electron chi connectivity index (χ1n) is 5.62. The van der Waals surface area contributed by atoms with Gasteiger partial charge in [-0.05, 0) is 6.07 Å². The van der Waals surface area contributed by atoms with Gasteiger partial charge < -0.3 is 9.47 Å². The molecule has 0 fully saturated rings. The van der Waals surface area contributed by atoms with Gasteiger partial charge in [-0.15, -0.1) is 11.5 Å². The molecule has 1 heterocycles. The van der Waals surface area contributed by atoms with Crippen LogP contribution in [-0.4, -0.2) is 34.5 Å². The zero-order valence-corrected chi connectivity index (χ0v) is 11.6. The van der Waals surface area contributed by atoms with Crippen molar-refractivity contribution in [3.05, 3.63) is 35.1 Å². The zero-order chi connectivity index (χ0) is 15.4. The SMILES string of the molecule is C#CCOc1cc(-n2cnc(C(=O)OC)n2)c(F)cc1Cl. The van der Waals surface area contributed by atoms with Gasteiger partial charge >= 0.3 is 5.97 Å². The van der Waals surface area contributed by atoms with Crippen molar-refractivity contribution in [2.24, 2.45) is 0 Å². The molecule has 2 aromatic rings. The van der Waals surface area contributed by atoms with Crippen LogP contribution in [0, 0.1) is 18.2 Å². The summed E-state index contributed by atoms with van der Waals surface area (Å²) in [7, 11) is 1.19. The number of aromatic nitrogens is 3. The molecule has 0 saturated heterocycles. The minimum atomic E-state index is -0.730. The van der Waals surface area contributed by atoms with E-state index < -0.39 is 11.8 Å². The molecule has 6 nitrogen and oxygen atoms in total. The predicted molar refractivity (Wildman–Crippen MR) is 72.0 cm³/mol. The van der Waals surface area contributed by atoms with Gasteiger partial charge in [0.25, 0.3) is 5.82 Å². The van der Waals surface area contributed by atoms with Crippen molar-refractivity contribution in [2.75, 3.05) is 13.7 Å². The smallest absolute Gasteiger partial charge is 0.377 e. The average Bonchev–Trinajstić information content (AvgIpc) is 2.95. The van der Waals surface area contributed by atoms with E-state index in [1.54, 1.807) is 0 Å². The highest BCUT2D eigenvalue weighted by Gasteiger charge is 2.16. The second kappa shape index (κ2) is 6.24. The molecule has 8 heteroatoms. The summed E-state index contributed by atoms with van der Waals surface area (Å²) in [6, 6.07) is 2.37. The van der Waals surface area contributed by atoms with Crippen LogP contribution >= 0.6 is 11.6 Å². The predicted octanol–water partition coefficient (Wildman–Crippen LogP) is 1.86. The topological polar surface area (TPSA) is 66.2 Å². The third-order valence-corrected chi connectivity index (χ3v) is 2.71. The number of halogens is 2. The van der Waals surface area contributed by atoms with Crippen LogP contribution in [0.5, 0.6) is 5.75 Å². The second-order valence-electron chi connectivity index (χ2n) is 3.73. The molecule has 0 atom stereocenters. The quantitative estimate of drug-likeness (QED) is 0.637. The molecule has 0 amide bonds. The lowest BCUT2D eigenvalue weighted by Crippen LogP contribution is -2.06. The van der Waals surface area contributed by atoms with Crippen LogP contribution in [0.1, 0.15) is 10.6 Å². The summed E-state index contributed by atoms with van der Waals surface area (Å²) in [5.41, 5.74) is 0.00840. The highest BCUT2D eigenvalue weighted by molar-refractivity contribution is 6.32. The van der Waals surface area contributed by atoms with Gasteiger partial charge in [0.05, 0.1) is 12.1 Å². The molecule has 1 aromatic heterocycles. The van der Waals surface area contributed by atoms with Crippen LogP contribution in [-0.2, 0) is 4.74 Å². The van der Waals surface area contributed by atoms with E-state index in [0.29, 0.717) is 0 Å². The number of hydrogen-bond acceptors (Lipinski definition) is 5. The average molecular weight is 310 g/mol. The summed E-state index contributed by atoms with van der Waals surface area (Å²) >= 11 is 5.85. The van der Waals surface area contributed by atoms with E-state index in [-0.39, 0.29) is 28.9 Å². The molecule has 108 valence electrons. The summed E-state index contributed by atoms with van der Waals surface area (Å²) in [4.78, 5) is 15.0. The zero-order valence-electron chi connectivity index (χ0n) is 10.8. The van der Waals surface area contributed by atoms with Gasteiger partial charge in [-0.2, -0.15) is 0 Å². The van der Waals surface area contributed by atoms with Crippen LogP contribution in [0.4, 0.5) is 4.39 Å². The molecule has 0 spiro atoms. The largest absolute Gasteiger partial charge is 0.479 e. The molecule has 0 saturated carbocycles. The van der Waals surface area contributed by atoms with Crippen molar-refractivity contribution in [1.29, 1.82) is 0 Å². The fourth-order valence-electron chi connectivity index (χ4n) is 1.49. The number of nitrogens with zero attached hydrogens (tertiary/aromatic N) is 3. The molecule has 21 heavy (non-hydrogen) atoms. The monoisotopic (exact) mass is 309 g/mol. The molecular weight excluding hydrogens is 301 g/mol. The number of terminal acetylenes is 1. The van der Waals surface area contributed by atoms with Gasteiger partial charge in [-0.25, -0.2) is 18.9 Å². The molecule has 1 aromatic carbocycles. The first-order valence-corrected chi connectivity index (χ1v) is 6.00. The fraction of sp³-hybridized carbons (Fsp3) is 0.154. The lowest BCUT2D eigenvalue weighted by molar-refractivity contribution is 0.0587. The Bertz CT molecular complexity index is 724. The number of methoxy groups -OCH3 is 1. The highest BCUT2D eigenvalue weighted by Crippen LogP contribution is 2.29. The van der Waals surface area contributed by atoms with E-state index in [1.807, 2.05) is 0 Å². The molecule has 0 aliphatic carbocycles. The maximum absolute atomic E-state index is 13.9. The Balaban J connectivity index is 2.41. The Morgan fingerprint density at radius 2 is 2.33 bits per heavy atom. The second-order valence-corrected chi connectivity index (χ2v) is 4.14. The van der Waals surface area contributed by atoms with Gasteiger partial charge in [-0.3, -0.25) is 0 Å². The first kappa shape index (κ1) is 14.8. The Morgan fingerprint density at radius 1 is 1.57 bits per heavy atom. The summed E-state index contributed by atoms with van der Waals surface area (Å²) < 4.78 is 24.7. The normalized spacial score (nSPS) is 10.0. The third kappa shape index (κ3) is 3.12. The maximum Gasteiger partial charge on any atom is 0.377 e. The third-order valence-electron chi connectivity index (χ3n) is 2.42. The Hall–Kier alpha value is -2.59. The number of carbonyl (C=O) groups is 1. The van der Waals surface area contributed by atoms with Crippen molar-refractivity contribution < 1.29 is 18.7 Å². The number of benzene rings is 1. The number of hydrogen-bond donors (Lipinski definition) is 0. The Morgan fingerprint density at radius 3 is 3.00 bits per heavy atom. The molecule has 0 aliphatic heterocycles. The molecular formula is C13H9ClFN3O3. The highest BCUT2D eigenvalue weighted by atomic mass is 35.5. The number of esters is 1. The number of rotatable bonds is 4. The van der Waals surface area contributed by atoms with Gasteiger partial charge in [0.2, 0.25) is 0 Å². The number of ether oxygens (including phenoxy) is 2. The molecule has 0 unspecified atom stereocenters. The lowest BCUT2D eigenvalue weighted by atomic mass is 10.3. The van der Waals surface area contributed by atoms with E-state index >= 15 is 0 Å². The Labute approximate surface area is 124 Å². The van der Waals surface area contributed by atoms with E-state index in [2.05, 4.69) is 20.7 Å². The number of carbonyl (C=O) groups excluding carboxylic acids is 1. The van der Waals surface area contributed by atoms with E-state index in [9.17, 15) is 9.18 Å². The molecule has 0 aliphatic rings. The molecule has 0 bridgehead atoms. The summed E-state index contributed by atoms with van der Waals surface area (Å²) in [5, 5.41) is 3.88. The Kier molecular flexibility index (Phi) is 4.40. The van der Waals surface area contributed by atoms with Crippen LogP contribution in [0.25, 0.3) is 5.69 Å². The van der Waals surface area contributed by atoms with Crippen molar-refractivity contribution in [3.63, 3.8) is 0 Å². The minimum Gasteiger partial charge on any atom is -0.479 e. The van der Waals surface area contributed by atoms with E-state index in [0.717, 1.165) is 10.7 Å². The summed E-state index contributed by atoms with van der Waals surface area (Å²) in [6.45, 7) is -0.0183. The van der Waals surface area contributed by atoms with Crippen LogP contribution in [0.15, 0.2) is 18.5 Å². The standard InChI is InChI=1S/C13H9ClFN3O3/c1-3-4-21-11-6-10(9(15)5-8(11)14)18-7-16-12(17-18)13(19)20-2/h1,5-7H,4H2,2H3. The molecule has 2 rings (SSSR count). The summed E-state index contributed by atoms with van der Waals surface area (Å²) in [5.74, 6) is 0.885. The minimum absolute atomic E-state index is 0.00840. The van der Waals surface area contributed by atoms with Gasteiger partial charge in [-0.1, -0.05) is 17.5 Å². The van der Waals surface area contributed by atoms with Gasteiger partial charge in [0.15, 0.2) is 5.82 Å². The van der Waals surface area contributed by atoms with Gasteiger partial charge in [0.1, 0.15) is 24.4 Å². The molecule has 0 N–H and O–H groups in total. The van der Waals surface area contributed by atoms with Crippen LogP contribution in [0.2, 0.25) is 5.02 Å². The first-order chi connectivity index (χ1) is 10.1. The van der Waals surface area contributed by atoms with Gasteiger partial charge in [0, 0.05) is 6.07 Å². The van der Waals surface area contributed by atoms with Crippen LogP contribution < -0.4 is 4.74 Å². The van der Waals surface area contributed by atoms with Crippen molar-refractivity contribution in [3.8, 4) is 23.8 Å². The fourth-order valence-corrected chi connectivity index (χ4v) is 1.69. The lowest BCUT2D eigenvalue weighted by Gasteiger charge is -2.08. The molecule has 0 radical (unpaired) electrons. The van der Waals surface area contributed by atoms with Crippen molar-refractivity contribution >= 4 is 17.6 Å². The summed E-state index contributed by atoms with van der Waals surface area (Å²) in [6.07, 6.45) is 6.26. The van der Waals surface area contributed by atoms with Crippen LogP contribution in [0.3, 0.4) is 0 Å². The van der Waals surface area contributed by atoms with Crippen molar-refractivity contribution in [1.82, 2.24) is 14.8 Å². The maximum atomic E-state index is 13.9. The van der Waals surface area contributed by atoms with E-state index in [1.165, 1.54) is 19.5 Å². The van der Waals surface area contributed by atoms with Crippen molar-refractivity contribution in [2.45, 2.75) is 0 Å².